The SMILES string of the molecule is Cc1ccc(C(=O)NCc2c(C)ncc3c2CCN(C(=O)Cc2c(C)noc2C)C3)s1. The van der Waals surface area contributed by atoms with E-state index in [9.17, 15) is 9.59 Å². The number of carbonyl (C=O) groups excluding carboxylic acids is 2. The van der Waals surface area contributed by atoms with E-state index in [1.54, 1.807) is 0 Å². The Morgan fingerprint density at radius 1 is 1.16 bits per heavy atom. The molecular formula is C23H26N4O3S. The topological polar surface area (TPSA) is 88.3 Å². The summed E-state index contributed by atoms with van der Waals surface area (Å²) in [6.07, 6.45) is 2.89. The average molecular weight is 439 g/mol. The van der Waals surface area contributed by atoms with Crippen LogP contribution in [0.4, 0.5) is 0 Å². The molecule has 1 aliphatic rings. The van der Waals surface area contributed by atoms with Crippen molar-refractivity contribution < 1.29 is 14.1 Å². The number of nitrogens with zero attached hydrogens (tertiary/aromatic N) is 3. The molecule has 0 aliphatic carbocycles. The second-order valence-corrected chi connectivity index (χ2v) is 9.25. The monoisotopic (exact) mass is 438 g/mol. The van der Waals surface area contributed by atoms with E-state index in [0.29, 0.717) is 36.7 Å². The van der Waals surface area contributed by atoms with Crippen LogP contribution in [0.3, 0.4) is 0 Å². The fourth-order valence-electron chi connectivity index (χ4n) is 4.00. The van der Waals surface area contributed by atoms with Gasteiger partial charge in [0.15, 0.2) is 0 Å². The minimum absolute atomic E-state index is 0.0588. The summed E-state index contributed by atoms with van der Waals surface area (Å²) in [6.45, 7) is 9.24. The Hall–Kier alpha value is -3.00. The molecule has 3 aromatic rings. The number of aryl methyl sites for hydroxylation is 4. The van der Waals surface area contributed by atoms with Crippen molar-refractivity contribution in [3.05, 3.63) is 67.5 Å². The van der Waals surface area contributed by atoms with E-state index in [1.165, 1.54) is 16.9 Å². The molecule has 3 aromatic heterocycles. The quantitative estimate of drug-likeness (QED) is 0.659. The van der Waals surface area contributed by atoms with E-state index in [0.717, 1.165) is 39.4 Å². The highest BCUT2D eigenvalue weighted by molar-refractivity contribution is 7.13. The highest BCUT2D eigenvalue weighted by atomic mass is 32.1. The van der Waals surface area contributed by atoms with Gasteiger partial charge in [-0.2, -0.15) is 0 Å². The smallest absolute Gasteiger partial charge is 0.261 e. The van der Waals surface area contributed by atoms with Gasteiger partial charge in [0, 0.05) is 42.0 Å². The maximum Gasteiger partial charge on any atom is 0.261 e. The zero-order valence-corrected chi connectivity index (χ0v) is 19.1. The van der Waals surface area contributed by atoms with Crippen LogP contribution in [-0.4, -0.2) is 33.4 Å². The van der Waals surface area contributed by atoms with Crippen LogP contribution in [-0.2, 0) is 30.7 Å². The zero-order valence-electron chi connectivity index (χ0n) is 18.2. The van der Waals surface area contributed by atoms with Crippen molar-refractivity contribution in [3.63, 3.8) is 0 Å². The van der Waals surface area contributed by atoms with E-state index in [1.807, 2.05) is 50.9 Å². The van der Waals surface area contributed by atoms with Crippen molar-refractivity contribution in [1.82, 2.24) is 20.4 Å². The third kappa shape index (κ3) is 4.39. The molecule has 0 aromatic carbocycles. The largest absolute Gasteiger partial charge is 0.361 e. The van der Waals surface area contributed by atoms with Gasteiger partial charge >= 0.3 is 0 Å². The molecule has 1 N–H and O–H groups in total. The number of rotatable bonds is 5. The molecule has 0 spiro atoms. The Labute approximate surface area is 185 Å². The summed E-state index contributed by atoms with van der Waals surface area (Å²) in [5, 5.41) is 6.97. The van der Waals surface area contributed by atoms with Gasteiger partial charge in [0.1, 0.15) is 5.76 Å². The molecule has 7 nitrogen and oxygen atoms in total. The summed E-state index contributed by atoms with van der Waals surface area (Å²) >= 11 is 1.49. The molecule has 162 valence electrons. The summed E-state index contributed by atoms with van der Waals surface area (Å²) in [4.78, 5) is 33.6. The number of hydrogen-bond donors (Lipinski definition) is 1. The highest BCUT2D eigenvalue weighted by Gasteiger charge is 2.25. The molecule has 0 unspecified atom stereocenters. The Bertz CT molecular complexity index is 1130. The van der Waals surface area contributed by atoms with Crippen LogP contribution in [0.25, 0.3) is 0 Å². The zero-order chi connectivity index (χ0) is 22.1. The number of amides is 2. The molecule has 0 saturated carbocycles. The van der Waals surface area contributed by atoms with Gasteiger partial charge in [-0.3, -0.25) is 14.6 Å². The molecule has 2 amide bonds. The van der Waals surface area contributed by atoms with Crippen molar-refractivity contribution in [2.45, 2.75) is 53.6 Å². The van der Waals surface area contributed by atoms with Crippen molar-refractivity contribution >= 4 is 23.2 Å². The molecular weight excluding hydrogens is 412 g/mol. The van der Waals surface area contributed by atoms with Crippen molar-refractivity contribution in [2.24, 2.45) is 0 Å². The van der Waals surface area contributed by atoms with Gasteiger partial charge in [-0.15, -0.1) is 11.3 Å². The second kappa shape index (κ2) is 8.63. The first-order valence-corrected chi connectivity index (χ1v) is 11.2. The van der Waals surface area contributed by atoms with Crippen LogP contribution in [0.5, 0.6) is 0 Å². The van der Waals surface area contributed by atoms with Crippen molar-refractivity contribution in [2.75, 3.05) is 6.54 Å². The summed E-state index contributed by atoms with van der Waals surface area (Å²) in [5.41, 5.74) is 5.83. The van der Waals surface area contributed by atoms with Gasteiger partial charge in [-0.05, 0) is 62.9 Å². The Kier molecular flexibility index (Phi) is 5.91. The van der Waals surface area contributed by atoms with Crippen LogP contribution in [0.1, 0.15) is 54.0 Å². The predicted molar refractivity (Wildman–Crippen MR) is 118 cm³/mol. The van der Waals surface area contributed by atoms with Gasteiger partial charge in [-0.1, -0.05) is 5.16 Å². The number of aromatic nitrogens is 2. The Balaban J connectivity index is 1.46. The van der Waals surface area contributed by atoms with Crippen LogP contribution in [0.2, 0.25) is 0 Å². The fraction of sp³-hybridized carbons (Fsp3) is 0.391. The summed E-state index contributed by atoms with van der Waals surface area (Å²) in [7, 11) is 0. The minimum Gasteiger partial charge on any atom is -0.361 e. The second-order valence-electron chi connectivity index (χ2n) is 7.96. The normalized spacial score (nSPS) is 13.2. The molecule has 8 heteroatoms. The standard InChI is InChI=1S/C23H26N4O3S/c1-13-5-6-21(31-13)23(29)25-11-20-14(2)24-10-17-12-27(8-7-18(17)20)22(28)9-19-15(3)26-30-16(19)4/h5-6,10H,7-9,11-12H2,1-4H3,(H,25,29). The van der Waals surface area contributed by atoms with Crippen LogP contribution in [0, 0.1) is 27.7 Å². The first-order valence-electron chi connectivity index (χ1n) is 10.3. The predicted octanol–water partition coefficient (Wildman–Crippen LogP) is 3.42. The molecule has 0 radical (unpaired) electrons. The van der Waals surface area contributed by atoms with Gasteiger partial charge < -0.3 is 14.7 Å². The lowest BCUT2D eigenvalue weighted by Crippen LogP contribution is -2.38. The fourth-order valence-corrected chi connectivity index (χ4v) is 4.78. The number of pyridine rings is 1. The number of carbonyl (C=O) groups is 2. The van der Waals surface area contributed by atoms with Gasteiger partial charge in [-0.25, -0.2) is 0 Å². The lowest BCUT2D eigenvalue weighted by Gasteiger charge is -2.30. The first-order chi connectivity index (χ1) is 14.8. The maximum absolute atomic E-state index is 12.9. The highest BCUT2D eigenvalue weighted by Crippen LogP contribution is 2.25. The molecule has 1 aliphatic heterocycles. The number of hydrogen-bond acceptors (Lipinski definition) is 6. The molecule has 31 heavy (non-hydrogen) atoms. The summed E-state index contributed by atoms with van der Waals surface area (Å²) in [5.74, 6) is 0.685. The van der Waals surface area contributed by atoms with E-state index < -0.39 is 0 Å². The van der Waals surface area contributed by atoms with E-state index >= 15 is 0 Å². The number of fused-ring (bicyclic) bond motifs is 1. The summed E-state index contributed by atoms with van der Waals surface area (Å²) < 4.78 is 5.18. The first kappa shape index (κ1) is 21.2. The molecule has 0 bridgehead atoms. The minimum atomic E-state index is -0.0674. The van der Waals surface area contributed by atoms with Gasteiger partial charge in [0.25, 0.3) is 5.91 Å². The molecule has 4 heterocycles. The van der Waals surface area contributed by atoms with E-state index in [-0.39, 0.29) is 11.8 Å². The third-order valence-electron chi connectivity index (χ3n) is 5.85. The molecule has 0 atom stereocenters. The number of thiophene rings is 1. The van der Waals surface area contributed by atoms with E-state index in [2.05, 4.69) is 15.5 Å². The summed E-state index contributed by atoms with van der Waals surface area (Å²) in [6, 6.07) is 3.80. The van der Waals surface area contributed by atoms with E-state index in [4.69, 9.17) is 4.52 Å². The van der Waals surface area contributed by atoms with Gasteiger partial charge in [0.2, 0.25) is 5.91 Å². The van der Waals surface area contributed by atoms with Crippen molar-refractivity contribution in [1.29, 1.82) is 0 Å². The lowest BCUT2D eigenvalue weighted by molar-refractivity contribution is -0.131. The Morgan fingerprint density at radius 2 is 1.97 bits per heavy atom. The van der Waals surface area contributed by atoms with Crippen LogP contribution < -0.4 is 5.32 Å². The maximum atomic E-state index is 12.9. The number of nitrogens with one attached hydrogen (secondary N) is 1. The van der Waals surface area contributed by atoms with Crippen molar-refractivity contribution in [3.8, 4) is 0 Å². The third-order valence-corrected chi connectivity index (χ3v) is 6.85. The van der Waals surface area contributed by atoms with Gasteiger partial charge in [0.05, 0.1) is 17.0 Å². The average Bonchev–Trinajstić information content (AvgIpc) is 3.33. The molecule has 0 saturated heterocycles. The molecule has 0 fully saturated rings. The van der Waals surface area contributed by atoms with Crippen LogP contribution >= 0.6 is 11.3 Å². The lowest BCUT2D eigenvalue weighted by atomic mass is 9.94. The Morgan fingerprint density at radius 3 is 2.65 bits per heavy atom. The molecule has 4 rings (SSSR count). The van der Waals surface area contributed by atoms with Crippen LogP contribution in [0.15, 0.2) is 22.9 Å².